The van der Waals surface area contributed by atoms with Gasteiger partial charge in [0.05, 0.1) is 21.3 Å². The third kappa shape index (κ3) is 5.68. The Kier molecular flexibility index (Phi) is 8.15. The summed E-state index contributed by atoms with van der Waals surface area (Å²) in [7, 11) is -4.64. The van der Waals surface area contributed by atoms with Crippen molar-refractivity contribution >= 4 is 20.0 Å². The molecule has 0 saturated heterocycles. The molecule has 3 rings (SSSR count). The summed E-state index contributed by atoms with van der Waals surface area (Å²) in [5.41, 5.74) is 1.45. The van der Waals surface area contributed by atoms with Gasteiger partial charge < -0.3 is 14.2 Å². The third-order valence-corrected chi connectivity index (χ3v) is 7.75. The van der Waals surface area contributed by atoms with Gasteiger partial charge in [0.2, 0.25) is 25.8 Å². The van der Waals surface area contributed by atoms with Crippen molar-refractivity contribution in [3.05, 3.63) is 77.9 Å². The summed E-state index contributed by atoms with van der Waals surface area (Å²) in [6, 6.07) is 18.8. The predicted molar refractivity (Wildman–Crippen MR) is 127 cm³/mol. The van der Waals surface area contributed by atoms with Gasteiger partial charge in [-0.25, -0.2) is 26.3 Å². The molecule has 34 heavy (non-hydrogen) atoms. The third-order valence-electron chi connectivity index (χ3n) is 4.93. The number of ether oxygens (including phenoxy) is 3. The van der Waals surface area contributed by atoms with Gasteiger partial charge in [-0.05, 0) is 17.2 Å². The highest BCUT2D eigenvalue weighted by atomic mass is 32.2. The van der Waals surface area contributed by atoms with E-state index in [0.717, 1.165) is 17.2 Å². The maximum atomic E-state index is 13.2. The van der Waals surface area contributed by atoms with Gasteiger partial charge in [0.1, 0.15) is 9.79 Å². The molecule has 0 amide bonds. The van der Waals surface area contributed by atoms with E-state index in [1.807, 2.05) is 12.1 Å². The van der Waals surface area contributed by atoms with Crippen molar-refractivity contribution in [3.8, 4) is 17.2 Å². The average Bonchev–Trinajstić information content (AvgIpc) is 2.86. The summed E-state index contributed by atoms with van der Waals surface area (Å²) in [6.07, 6.45) is 0. The van der Waals surface area contributed by atoms with Crippen LogP contribution < -0.4 is 23.7 Å². The number of methoxy groups -OCH3 is 3. The molecule has 0 aliphatic heterocycles. The van der Waals surface area contributed by atoms with Crippen molar-refractivity contribution in [1.29, 1.82) is 0 Å². The Labute approximate surface area is 199 Å². The lowest BCUT2D eigenvalue weighted by Crippen LogP contribution is -2.27. The van der Waals surface area contributed by atoms with Gasteiger partial charge in [-0.2, -0.15) is 0 Å². The van der Waals surface area contributed by atoms with Crippen LogP contribution in [0.25, 0.3) is 0 Å². The van der Waals surface area contributed by atoms with Gasteiger partial charge >= 0.3 is 0 Å². The number of rotatable bonds is 11. The minimum atomic E-state index is -4.21. The Hall–Kier alpha value is -3.12. The van der Waals surface area contributed by atoms with Crippen LogP contribution in [0.4, 0.5) is 0 Å². The molecule has 0 radical (unpaired) electrons. The lowest BCUT2D eigenvalue weighted by Gasteiger charge is -2.20. The van der Waals surface area contributed by atoms with Crippen LogP contribution in [-0.2, 0) is 33.1 Å². The van der Waals surface area contributed by atoms with E-state index < -0.39 is 29.8 Å². The highest BCUT2D eigenvalue weighted by Crippen LogP contribution is 2.46. The Morgan fingerprint density at radius 3 is 1.26 bits per heavy atom. The molecule has 0 heterocycles. The summed E-state index contributed by atoms with van der Waals surface area (Å²) >= 11 is 0. The summed E-state index contributed by atoms with van der Waals surface area (Å²) in [5.74, 6) is -0.517. The molecule has 3 aromatic rings. The first kappa shape index (κ1) is 25.5. The fourth-order valence-electron chi connectivity index (χ4n) is 3.25. The lowest BCUT2D eigenvalue weighted by molar-refractivity contribution is 0.312. The van der Waals surface area contributed by atoms with E-state index in [1.165, 1.54) is 21.3 Å². The van der Waals surface area contributed by atoms with Gasteiger partial charge in [0.25, 0.3) is 0 Å². The molecule has 0 saturated carbocycles. The zero-order valence-corrected chi connectivity index (χ0v) is 20.6. The highest BCUT2D eigenvalue weighted by molar-refractivity contribution is 7.90. The molecular weight excluding hydrogens is 480 g/mol. The van der Waals surface area contributed by atoms with E-state index in [9.17, 15) is 16.8 Å². The van der Waals surface area contributed by atoms with Crippen molar-refractivity contribution < 1.29 is 31.0 Å². The van der Waals surface area contributed by atoms with E-state index in [4.69, 9.17) is 14.2 Å². The number of hydrogen-bond donors (Lipinski definition) is 2. The topological polar surface area (TPSA) is 120 Å². The molecule has 0 aliphatic carbocycles. The molecule has 0 fully saturated rings. The molecule has 0 aliphatic rings. The van der Waals surface area contributed by atoms with Gasteiger partial charge in [-0.15, -0.1) is 0 Å². The van der Waals surface area contributed by atoms with Crippen LogP contribution in [0.15, 0.2) is 76.5 Å². The van der Waals surface area contributed by atoms with Crippen molar-refractivity contribution in [2.75, 3.05) is 21.3 Å². The normalized spacial score (nSPS) is 11.7. The first-order chi connectivity index (χ1) is 16.2. The van der Waals surface area contributed by atoms with Crippen LogP contribution in [0.3, 0.4) is 0 Å². The van der Waals surface area contributed by atoms with E-state index in [-0.39, 0.29) is 30.3 Å². The number of sulfonamides is 2. The monoisotopic (exact) mass is 506 g/mol. The Morgan fingerprint density at radius 2 is 0.941 bits per heavy atom. The molecular formula is C23H26N2O7S2. The smallest absolute Gasteiger partial charge is 0.244 e. The molecule has 0 aromatic heterocycles. The van der Waals surface area contributed by atoms with Crippen molar-refractivity contribution in [1.82, 2.24) is 9.44 Å². The van der Waals surface area contributed by atoms with Gasteiger partial charge in [0, 0.05) is 13.1 Å². The van der Waals surface area contributed by atoms with Crippen LogP contribution >= 0.6 is 0 Å². The van der Waals surface area contributed by atoms with E-state index in [0.29, 0.717) is 0 Å². The molecule has 11 heteroatoms. The minimum absolute atomic E-state index is 0.00495. The first-order valence-corrected chi connectivity index (χ1v) is 13.1. The molecule has 0 atom stereocenters. The maximum absolute atomic E-state index is 13.2. The van der Waals surface area contributed by atoms with E-state index >= 15 is 0 Å². The summed E-state index contributed by atoms with van der Waals surface area (Å²) in [5, 5.41) is 0. The van der Waals surface area contributed by atoms with Crippen LogP contribution in [0.1, 0.15) is 11.1 Å². The summed E-state index contributed by atoms with van der Waals surface area (Å²) in [4.78, 5) is -0.799. The van der Waals surface area contributed by atoms with Gasteiger partial charge in [-0.3, -0.25) is 0 Å². The Morgan fingerprint density at radius 1 is 0.588 bits per heavy atom. The average molecular weight is 507 g/mol. The maximum Gasteiger partial charge on any atom is 0.244 e. The Bertz CT molecular complexity index is 1230. The Balaban J connectivity index is 2.07. The fourth-order valence-corrected chi connectivity index (χ4v) is 5.74. The van der Waals surface area contributed by atoms with Crippen LogP contribution in [0.2, 0.25) is 0 Å². The van der Waals surface area contributed by atoms with Crippen molar-refractivity contribution in [2.24, 2.45) is 0 Å². The number of hydrogen-bond acceptors (Lipinski definition) is 7. The second kappa shape index (κ2) is 10.9. The largest absolute Gasteiger partial charge is 0.491 e. The first-order valence-electron chi connectivity index (χ1n) is 10.1. The van der Waals surface area contributed by atoms with E-state index in [2.05, 4.69) is 9.44 Å². The second-order valence-electron chi connectivity index (χ2n) is 7.09. The van der Waals surface area contributed by atoms with Crippen LogP contribution in [-0.4, -0.2) is 38.2 Å². The van der Waals surface area contributed by atoms with Crippen molar-refractivity contribution in [3.63, 3.8) is 0 Å². The van der Waals surface area contributed by atoms with E-state index in [1.54, 1.807) is 48.5 Å². The molecule has 9 nitrogen and oxygen atoms in total. The van der Waals surface area contributed by atoms with Crippen LogP contribution in [0.5, 0.6) is 17.2 Å². The summed E-state index contributed by atoms with van der Waals surface area (Å²) in [6.45, 7) is -0.00990. The fraction of sp³-hybridized carbons (Fsp3) is 0.217. The number of benzene rings is 3. The molecule has 0 unspecified atom stereocenters. The minimum Gasteiger partial charge on any atom is -0.491 e. The second-order valence-corrected chi connectivity index (χ2v) is 10.6. The molecule has 0 spiro atoms. The molecule has 182 valence electrons. The highest BCUT2D eigenvalue weighted by Gasteiger charge is 2.33. The SMILES string of the molecule is COc1c(S(=O)(=O)NCc2ccccc2)cc(S(=O)(=O)NCc2ccccc2)c(OC)c1OC. The van der Waals surface area contributed by atoms with Crippen molar-refractivity contribution in [2.45, 2.75) is 22.9 Å². The van der Waals surface area contributed by atoms with Gasteiger partial charge in [0.15, 0.2) is 11.5 Å². The molecule has 2 N–H and O–H groups in total. The standard InChI is InChI=1S/C23H26N2O7S2/c1-30-21-19(33(26,27)24-15-17-10-6-4-7-11-17)14-20(22(31-2)23(21)32-3)34(28,29)25-16-18-12-8-5-9-13-18/h4-14,24-25H,15-16H2,1-3H3. The zero-order chi connectivity index (χ0) is 24.8. The summed E-state index contributed by atoms with van der Waals surface area (Å²) < 4.78 is 73.7. The predicted octanol–water partition coefficient (Wildman–Crippen LogP) is 2.67. The van der Waals surface area contributed by atoms with Gasteiger partial charge in [-0.1, -0.05) is 60.7 Å². The number of nitrogens with one attached hydrogen (secondary N) is 2. The molecule has 3 aromatic carbocycles. The zero-order valence-electron chi connectivity index (χ0n) is 18.9. The lowest BCUT2D eigenvalue weighted by atomic mass is 10.2. The molecule has 0 bridgehead atoms. The quantitative estimate of drug-likeness (QED) is 0.410. The van der Waals surface area contributed by atoms with Crippen LogP contribution in [0, 0.1) is 0 Å².